The third-order valence-corrected chi connectivity index (χ3v) is 8.43. The highest BCUT2D eigenvalue weighted by molar-refractivity contribution is 7.07. The lowest BCUT2D eigenvalue weighted by molar-refractivity contribution is -0.138. The van der Waals surface area contributed by atoms with Crippen molar-refractivity contribution < 1.29 is 28.6 Å². The Morgan fingerprint density at radius 1 is 1.04 bits per heavy atom. The van der Waals surface area contributed by atoms with Crippen LogP contribution in [0.15, 0.2) is 105 Å². The van der Waals surface area contributed by atoms with Crippen LogP contribution in [-0.2, 0) is 9.53 Å². The van der Waals surface area contributed by atoms with Crippen LogP contribution in [0.5, 0.6) is 5.75 Å². The van der Waals surface area contributed by atoms with Gasteiger partial charge in [-0.25, -0.2) is 14.6 Å². The molecule has 0 radical (unpaired) electrons. The average molecular weight is 621 g/mol. The van der Waals surface area contributed by atoms with Crippen LogP contribution in [0, 0.1) is 6.92 Å². The van der Waals surface area contributed by atoms with Gasteiger partial charge in [0.1, 0.15) is 17.3 Å². The minimum atomic E-state index is -1.00. The maximum absolute atomic E-state index is 14.1. The molecule has 0 spiro atoms. The van der Waals surface area contributed by atoms with E-state index in [9.17, 15) is 19.5 Å². The van der Waals surface area contributed by atoms with Crippen molar-refractivity contribution >= 4 is 35.0 Å². The third-order valence-electron chi connectivity index (χ3n) is 7.44. The Kier molecular flexibility index (Phi) is 8.06. The maximum Gasteiger partial charge on any atom is 0.338 e. The fourth-order valence-corrected chi connectivity index (χ4v) is 6.30. The lowest BCUT2D eigenvalue weighted by Crippen LogP contribution is -2.40. The Morgan fingerprint density at radius 3 is 2.47 bits per heavy atom. The molecule has 1 aliphatic rings. The van der Waals surface area contributed by atoms with E-state index in [2.05, 4.69) is 0 Å². The number of aromatic nitrogens is 1. The minimum absolute atomic E-state index is 0.156. The van der Waals surface area contributed by atoms with E-state index in [0.717, 1.165) is 16.7 Å². The number of nitrogens with zero attached hydrogens (tertiary/aromatic N) is 2. The number of hydrogen-bond donors (Lipinski definition) is 1. The largest absolute Gasteiger partial charge is 0.497 e. The van der Waals surface area contributed by atoms with Crippen molar-refractivity contribution in [3.05, 3.63) is 138 Å². The number of ether oxygens (including phenoxy) is 2. The number of rotatable bonds is 8. The van der Waals surface area contributed by atoms with Crippen LogP contribution in [0.1, 0.15) is 45.8 Å². The van der Waals surface area contributed by atoms with Crippen LogP contribution in [0.2, 0.25) is 0 Å². The highest BCUT2D eigenvalue weighted by Crippen LogP contribution is 2.36. The van der Waals surface area contributed by atoms with E-state index in [0.29, 0.717) is 37.9 Å². The standard InChI is InChI=1S/C35H28N2O7S/c1-4-43-34(41)29-30(21-8-6-5-7-9-21)36-35-37(31(29)22-10-13-24(42-3)14-11-22)32(38)28(45-35)19-25-15-17-27(44-25)26-16-12-23(33(39)40)18-20(26)2/h5-19,31H,4H2,1-3H3,(H,39,40)/b28-19-/t31-/m1/s1. The lowest BCUT2D eigenvalue weighted by Gasteiger charge is -2.26. The Labute approximate surface area is 261 Å². The molecule has 9 nitrogen and oxygen atoms in total. The van der Waals surface area contributed by atoms with Crippen LogP contribution in [-0.4, -0.2) is 35.3 Å². The molecule has 1 aliphatic heterocycles. The third kappa shape index (κ3) is 5.63. The normalized spacial score (nSPS) is 14.6. The first kappa shape index (κ1) is 29.6. The number of fused-ring (bicyclic) bond motifs is 1. The van der Waals surface area contributed by atoms with Gasteiger partial charge in [-0.3, -0.25) is 9.36 Å². The Balaban J connectivity index is 1.52. The van der Waals surface area contributed by atoms with E-state index in [1.54, 1.807) is 56.5 Å². The molecule has 3 heterocycles. The van der Waals surface area contributed by atoms with Gasteiger partial charge in [0.05, 0.1) is 41.1 Å². The lowest BCUT2D eigenvalue weighted by atomic mass is 9.93. The van der Waals surface area contributed by atoms with E-state index < -0.39 is 18.0 Å². The smallest absolute Gasteiger partial charge is 0.338 e. The number of furan rings is 1. The van der Waals surface area contributed by atoms with Crippen molar-refractivity contribution in [2.24, 2.45) is 4.99 Å². The highest BCUT2D eigenvalue weighted by Gasteiger charge is 2.35. The molecular formula is C35H28N2O7S. The van der Waals surface area contributed by atoms with Gasteiger partial charge in [-0.05, 0) is 61.4 Å². The molecule has 5 aromatic rings. The number of methoxy groups -OCH3 is 1. The van der Waals surface area contributed by atoms with Crippen LogP contribution >= 0.6 is 11.3 Å². The zero-order valence-electron chi connectivity index (χ0n) is 24.6. The first-order valence-electron chi connectivity index (χ1n) is 14.2. The van der Waals surface area contributed by atoms with Crippen LogP contribution in [0.25, 0.3) is 23.1 Å². The summed E-state index contributed by atoms with van der Waals surface area (Å²) in [6.07, 6.45) is 1.65. The second kappa shape index (κ2) is 12.3. The van der Waals surface area contributed by atoms with Crippen molar-refractivity contribution in [3.8, 4) is 17.1 Å². The molecule has 45 heavy (non-hydrogen) atoms. The molecule has 0 bridgehead atoms. The number of carbonyl (C=O) groups is 2. The Hall–Kier alpha value is -5.48. The Morgan fingerprint density at radius 2 is 1.80 bits per heavy atom. The van der Waals surface area contributed by atoms with Crippen LogP contribution < -0.4 is 19.6 Å². The highest BCUT2D eigenvalue weighted by atomic mass is 32.1. The SMILES string of the molecule is CCOC(=O)C1=C(c2ccccc2)N=c2s/c(=C\c3ccc(-c4ccc(C(=O)O)cc4C)o3)c(=O)n2[C@@H]1c1ccc(OC)cc1. The molecule has 0 unspecified atom stereocenters. The number of carboxylic acid groups (broad SMARTS) is 1. The number of thiazole rings is 1. The first-order chi connectivity index (χ1) is 21.8. The summed E-state index contributed by atoms with van der Waals surface area (Å²) in [7, 11) is 1.57. The predicted molar refractivity (Wildman–Crippen MR) is 170 cm³/mol. The van der Waals surface area contributed by atoms with E-state index in [-0.39, 0.29) is 23.3 Å². The molecule has 0 aliphatic carbocycles. The molecule has 0 saturated heterocycles. The molecular weight excluding hydrogens is 592 g/mol. The van der Waals surface area contributed by atoms with Gasteiger partial charge in [-0.1, -0.05) is 59.9 Å². The van der Waals surface area contributed by atoms with Gasteiger partial charge in [-0.15, -0.1) is 0 Å². The molecule has 10 heteroatoms. The molecule has 226 valence electrons. The molecule has 1 atom stereocenters. The molecule has 6 rings (SSSR count). The molecule has 0 saturated carbocycles. The van der Waals surface area contributed by atoms with Gasteiger partial charge in [0.25, 0.3) is 5.56 Å². The zero-order chi connectivity index (χ0) is 31.7. The van der Waals surface area contributed by atoms with Gasteiger partial charge in [-0.2, -0.15) is 0 Å². The van der Waals surface area contributed by atoms with E-state index in [1.807, 2.05) is 49.4 Å². The zero-order valence-corrected chi connectivity index (χ0v) is 25.5. The van der Waals surface area contributed by atoms with Crippen molar-refractivity contribution in [1.29, 1.82) is 0 Å². The van der Waals surface area contributed by atoms with Gasteiger partial charge in [0.2, 0.25) is 0 Å². The number of carboxylic acids is 1. The Bertz CT molecular complexity index is 2140. The molecule has 1 N–H and O–H groups in total. The molecule has 0 fully saturated rings. The molecule has 3 aromatic carbocycles. The summed E-state index contributed by atoms with van der Waals surface area (Å²) in [6, 6.07) is 24.1. The summed E-state index contributed by atoms with van der Waals surface area (Å²) in [5, 5.41) is 9.30. The molecule has 0 amide bonds. The second-order valence-electron chi connectivity index (χ2n) is 10.2. The topological polar surface area (TPSA) is 120 Å². The number of carbonyl (C=O) groups excluding carboxylic acids is 1. The minimum Gasteiger partial charge on any atom is -0.497 e. The van der Waals surface area contributed by atoms with Gasteiger partial charge < -0.3 is 19.0 Å². The van der Waals surface area contributed by atoms with Crippen molar-refractivity contribution in [1.82, 2.24) is 4.57 Å². The average Bonchev–Trinajstić information content (AvgIpc) is 3.64. The van der Waals surface area contributed by atoms with Crippen molar-refractivity contribution in [2.75, 3.05) is 13.7 Å². The van der Waals surface area contributed by atoms with Crippen molar-refractivity contribution in [2.45, 2.75) is 19.9 Å². The van der Waals surface area contributed by atoms with Gasteiger partial charge in [0.15, 0.2) is 4.80 Å². The number of aromatic carboxylic acids is 1. The monoisotopic (exact) mass is 620 g/mol. The van der Waals surface area contributed by atoms with Gasteiger partial charge in [0, 0.05) is 17.2 Å². The van der Waals surface area contributed by atoms with E-state index in [1.165, 1.54) is 22.0 Å². The van der Waals surface area contributed by atoms with Gasteiger partial charge >= 0.3 is 11.9 Å². The summed E-state index contributed by atoms with van der Waals surface area (Å²) in [4.78, 5) is 44.3. The van der Waals surface area contributed by atoms with Crippen molar-refractivity contribution in [3.63, 3.8) is 0 Å². The first-order valence-corrected chi connectivity index (χ1v) is 15.0. The summed E-state index contributed by atoms with van der Waals surface area (Å²) in [5.74, 6) is 0.0452. The predicted octanol–water partition coefficient (Wildman–Crippen LogP) is 5.21. The summed E-state index contributed by atoms with van der Waals surface area (Å²) >= 11 is 1.19. The number of aryl methyl sites for hydroxylation is 1. The summed E-state index contributed by atoms with van der Waals surface area (Å²) in [6.45, 7) is 3.70. The fourth-order valence-electron chi connectivity index (χ4n) is 5.32. The number of esters is 1. The maximum atomic E-state index is 14.1. The van der Waals surface area contributed by atoms with E-state index >= 15 is 0 Å². The van der Waals surface area contributed by atoms with Crippen LogP contribution in [0.3, 0.4) is 0 Å². The fraction of sp³-hybridized carbons (Fsp3) is 0.143. The van der Waals surface area contributed by atoms with Crippen LogP contribution in [0.4, 0.5) is 0 Å². The van der Waals surface area contributed by atoms with E-state index in [4.69, 9.17) is 18.9 Å². The number of benzene rings is 3. The summed E-state index contributed by atoms with van der Waals surface area (Å²) < 4.78 is 18.8. The molecule has 2 aromatic heterocycles. The number of hydrogen-bond acceptors (Lipinski definition) is 8. The summed E-state index contributed by atoms with van der Waals surface area (Å²) in [5.41, 5.74) is 3.44. The quantitative estimate of drug-likeness (QED) is 0.237. The second-order valence-corrected chi connectivity index (χ2v) is 11.3.